The molecule has 1 saturated carbocycles. The van der Waals surface area contributed by atoms with Gasteiger partial charge in [0.05, 0.1) is 11.5 Å². The molecule has 0 bridgehead atoms. The zero-order valence-corrected chi connectivity index (χ0v) is 10.6. The molecule has 16 heavy (non-hydrogen) atoms. The maximum absolute atomic E-state index is 11.4. The summed E-state index contributed by atoms with van der Waals surface area (Å²) in [6.45, 7) is 2.57. The second-order valence-electron chi connectivity index (χ2n) is 5.14. The van der Waals surface area contributed by atoms with Gasteiger partial charge in [-0.2, -0.15) is 0 Å². The van der Waals surface area contributed by atoms with E-state index in [1.807, 2.05) is 0 Å². The Labute approximate surface area is 98.1 Å². The highest BCUT2D eigenvalue weighted by atomic mass is 32.2. The molecule has 4 nitrogen and oxygen atoms in total. The number of sulfone groups is 1. The first kappa shape index (κ1) is 12.3. The average Bonchev–Trinajstić information content (AvgIpc) is 3.02. The standard InChI is InChI=1S/C11H22N2O2S/c12-11(10-2-3-10)4-6-13-5-1-8-16(14,15)9-7-13/h10-11H,1-9,12H2. The minimum atomic E-state index is -2.77. The third-order valence-electron chi connectivity index (χ3n) is 3.65. The van der Waals surface area contributed by atoms with Gasteiger partial charge in [0.2, 0.25) is 0 Å². The molecule has 1 unspecified atom stereocenters. The summed E-state index contributed by atoms with van der Waals surface area (Å²) in [5.74, 6) is 1.43. The molecule has 2 rings (SSSR count). The van der Waals surface area contributed by atoms with Crippen LogP contribution in [0, 0.1) is 5.92 Å². The summed E-state index contributed by atoms with van der Waals surface area (Å²) in [4.78, 5) is 2.26. The third-order valence-corrected chi connectivity index (χ3v) is 5.37. The molecular formula is C11H22N2O2S. The van der Waals surface area contributed by atoms with E-state index < -0.39 is 9.84 Å². The van der Waals surface area contributed by atoms with Gasteiger partial charge < -0.3 is 10.6 Å². The molecule has 0 aromatic heterocycles. The van der Waals surface area contributed by atoms with Crippen molar-refractivity contribution in [1.29, 1.82) is 0 Å². The van der Waals surface area contributed by atoms with Gasteiger partial charge in [0.1, 0.15) is 0 Å². The van der Waals surface area contributed by atoms with E-state index >= 15 is 0 Å². The van der Waals surface area contributed by atoms with Gasteiger partial charge in [-0.25, -0.2) is 8.42 Å². The number of nitrogens with zero attached hydrogens (tertiary/aromatic N) is 1. The van der Waals surface area contributed by atoms with E-state index in [9.17, 15) is 8.42 Å². The highest BCUT2D eigenvalue weighted by Crippen LogP contribution is 2.32. The van der Waals surface area contributed by atoms with Crippen molar-refractivity contribution in [2.75, 3.05) is 31.1 Å². The molecule has 1 aliphatic carbocycles. The van der Waals surface area contributed by atoms with Crippen LogP contribution in [-0.4, -0.2) is 50.5 Å². The molecule has 1 heterocycles. The van der Waals surface area contributed by atoms with E-state index in [0.29, 0.717) is 24.1 Å². The molecule has 1 aliphatic heterocycles. The molecule has 0 aromatic carbocycles. The van der Waals surface area contributed by atoms with Crippen molar-refractivity contribution < 1.29 is 8.42 Å². The van der Waals surface area contributed by atoms with Gasteiger partial charge in [-0.1, -0.05) is 0 Å². The van der Waals surface area contributed by atoms with Crippen molar-refractivity contribution in [3.63, 3.8) is 0 Å². The lowest BCUT2D eigenvalue weighted by molar-refractivity contribution is 0.278. The lowest BCUT2D eigenvalue weighted by atomic mass is 10.1. The molecule has 0 spiro atoms. The predicted octanol–water partition coefficient (Wildman–Crippen LogP) is 0.234. The highest BCUT2D eigenvalue weighted by molar-refractivity contribution is 7.91. The Bertz CT molecular complexity index is 325. The molecule has 0 aromatic rings. The normalized spacial score (nSPS) is 28.6. The summed E-state index contributed by atoms with van der Waals surface area (Å²) in [5.41, 5.74) is 6.04. The van der Waals surface area contributed by atoms with Crippen LogP contribution in [0.4, 0.5) is 0 Å². The fraction of sp³-hybridized carbons (Fsp3) is 1.00. The Morgan fingerprint density at radius 1 is 1.25 bits per heavy atom. The lowest BCUT2D eigenvalue weighted by Gasteiger charge is -2.21. The fourth-order valence-electron chi connectivity index (χ4n) is 2.31. The van der Waals surface area contributed by atoms with Crippen LogP contribution in [0.25, 0.3) is 0 Å². The van der Waals surface area contributed by atoms with Crippen molar-refractivity contribution in [2.45, 2.75) is 31.7 Å². The molecule has 1 saturated heterocycles. The average molecular weight is 246 g/mol. The molecular weight excluding hydrogens is 224 g/mol. The summed E-state index contributed by atoms with van der Waals surface area (Å²) in [6.07, 6.45) is 4.37. The number of rotatable bonds is 4. The van der Waals surface area contributed by atoms with Crippen LogP contribution in [-0.2, 0) is 9.84 Å². The number of nitrogens with two attached hydrogens (primary N) is 1. The maximum Gasteiger partial charge on any atom is 0.151 e. The molecule has 0 radical (unpaired) electrons. The van der Waals surface area contributed by atoms with Crippen LogP contribution in [0.5, 0.6) is 0 Å². The van der Waals surface area contributed by atoms with Crippen LogP contribution in [0.3, 0.4) is 0 Å². The fourth-order valence-corrected chi connectivity index (χ4v) is 3.61. The third kappa shape index (κ3) is 3.71. The Balaban J connectivity index is 1.73. The van der Waals surface area contributed by atoms with E-state index in [1.54, 1.807) is 0 Å². The van der Waals surface area contributed by atoms with Crippen molar-refractivity contribution in [1.82, 2.24) is 4.90 Å². The van der Waals surface area contributed by atoms with Crippen LogP contribution in [0.2, 0.25) is 0 Å². The van der Waals surface area contributed by atoms with E-state index in [4.69, 9.17) is 5.73 Å². The summed E-state index contributed by atoms with van der Waals surface area (Å²) in [5, 5.41) is 0. The monoisotopic (exact) mass is 246 g/mol. The van der Waals surface area contributed by atoms with E-state index in [-0.39, 0.29) is 0 Å². The van der Waals surface area contributed by atoms with Crippen LogP contribution < -0.4 is 5.73 Å². The first-order chi connectivity index (χ1) is 7.57. The number of hydrogen-bond acceptors (Lipinski definition) is 4. The van der Waals surface area contributed by atoms with E-state index in [1.165, 1.54) is 12.8 Å². The predicted molar refractivity (Wildman–Crippen MR) is 65.0 cm³/mol. The van der Waals surface area contributed by atoms with Crippen LogP contribution >= 0.6 is 0 Å². The second-order valence-corrected chi connectivity index (χ2v) is 7.44. The number of hydrogen-bond donors (Lipinski definition) is 1. The van der Waals surface area contributed by atoms with Gasteiger partial charge in [-0.05, 0) is 44.7 Å². The van der Waals surface area contributed by atoms with Crippen LogP contribution in [0.1, 0.15) is 25.7 Å². The molecule has 1 atom stereocenters. The Hall–Kier alpha value is -0.130. The highest BCUT2D eigenvalue weighted by Gasteiger charge is 2.28. The molecule has 94 valence electrons. The lowest BCUT2D eigenvalue weighted by Crippen LogP contribution is -2.33. The minimum absolute atomic E-state index is 0.325. The topological polar surface area (TPSA) is 63.4 Å². The van der Waals surface area contributed by atoms with Crippen molar-refractivity contribution in [2.24, 2.45) is 11.7 Å². The molecule has 0 amide bonds. The van der Waals surface area contributed by atoms with Gasteiger partial charge >= 0.3 is 0 Å². The molecule has 2 aliphatic rings. The van der Waals surface area contributed by atoms with Crippen LogP contribution in [0.15, 0.2) is 0 Å². The van der Waals surface area contributed by atoms with Gasteiger partial charge in [-0.15, -0.1) is 0 Å². The second kappa shape index (κ2) is 5.02. The SMILES string of the molecule is NC(CCN1CCCS(=O)(=O)CC1)C1CC1. The largest absolute Gasteiger partial charge is 0.327 e. The minimum Gasteiger partial charge on any atom is -0.327 e. The Morgan fingerprint density at radius 3 is 2.69 bits per heavy atom. The van der Waals surface area contributed by atoms with Crippen molar-refractivity contribution in [3.8, 4) is 0 Å². The quantitative estimate of drug-likeness (QED) is 0.771. The Morgan fingerprint density at radius 2 is 2.00 bits per heavy atom. The van der Waals surface area contributed by atoms with Gasteiger partial charge in [0, 0.05) is 12.6 Å². The smallest absolute Gasteiger partial charge is 0.151 e. The van der Waals surface area contributed by atoms with Gasteiger partial charge in [0.15, 0.2) is 9.84 Å². The summed E-state index contributed by atoms with van der Waals surface area (Å²) in [7, 11) is -2.77. The maximum atomic E-state index is 11.4. The first-order valence-corrected chi connectivity index (χ1v) is 8.07. The van der Waals surface area contributed by atoms with Crippen molar-refractivity contribution in [3.05, 3.63) is 0 Å². The molecule has 2 fully saturated rings. The summed E-state index contributed by atoms with van der Waals surface area (Å²) < 4.78 is 22.8. The molecule has 2 N–H and O–H groups in total. The Kier molecular flexibility index (Phi) is 3.87. The van der Waals surface area contributed by atoms with Crippen molar-refractivity contribution >= 4 is 9.84 Å². The van der Waals surface area contributed by atoms with Gasteiger partial charge in [-0.3, -0.25) is 0 Å². The summed E-state index contributed by atoms with van der Waals surface area (Å²) in [6, 6.07) is 0.333. The first-order valence-electron chi connectivity index (χ1n) is 6.25. The van der Waals surface area contributed by atoms with E-state index in [0.717, 1.165) is 31.8 Å². The van der Waals surface area contributed by atoms with E-state index in [2.05, 4.69) is 4.90 Å². The summed E-state index contributed by atoms with van der Waals surface area (Å²) >= 11 is 0. The molecule has 5 heteroatoms. The zero-order valence-electron chi connectivity index (χ0n) is 9.77. The zero-order chi connectivity index (χ0) is 11.6. The van der Waals surface area contributed by atoms with Gasteiger partial charge in [0.25, 0.3) is 0 Å².